The van der Waals surface area contributed by atoms with Crippen molar-refractivity contribution >= 4 is 22.9 Å². The Hall–Kier alpha value is -1.14. The molecule has 6 heteroatoms. The first-order chi connectivity index (χ1) is 8.93. The highest BCUT2D eigenvalue weighted by Gasteiger charge is 2.31. The molecule has 2 aromatic rings. The standard InChI is InChI=1S/C13H21N5S/c1-5-8(14)10(13(2,3)4)19-12-9-11(16-6-15-9)17-7-18-12/h6-8,10H,5,14H2,1-4H3,(H,15,16,17,18). The van der Waals surface area contributed by atoms with E-state index in [9.17, 15) is 0 Å². The smallest absolute Gasteiger partial charge is 0.181 e. The van der Waals surface area contributed by atoms with Crippen molar-refractivity contribution in [2.45, 2.75) is 50.4 Å². The first kappa shape index (κ1) is 14.3. The lowest BCUT2D eigenvalue weighted by molar-refractivity contribution is 0.350. The van der Waals surface area contributed by atoms with E-state index in [1.54, 1.807) is 24.4 Å². The Labute approximate surface area is 117 Å². The molecule has 0 aliphatic rings. The number of hydrogen-bond acceptors (Lipinski definition) is 5. The van der Waals surface area contributed by atoms with Gasteiger partial charge in [0.2, 0.25) is 0 Å². The maximum Gasteiger partial charge on any atom is 0.181 e. The van der Waals surface area contributed by atoms with Crippen molar-refractivity contribution in [3.8, 4) is 0 Å². The molecule has 0 amide bonds. The maximum absolute atomic E-state index is 6.28. The lowest BCUT2D eigenvalue weighted by Crippen LogP contribution is -2.40. The largest absolute Gasteiger partial charge is 0.341 e. The van der Waals surface area contributed by atoms with Gasteiger partial charge in [-0.25, -0.2) is 15.0 Å². The van der Waals surface area contributed by atoms with Crippen molar-refractivity contribution < 1.29 is 0 Å². The summed E-state index contributed by atoms with van der Waals surface area (Å²) in [6.07, 6.45) is 4.16. The second-order valence-corrected chi connectivity index (χ2v) is 6.89. The highest BCUT2D eigenvalue weighted by molar-refractivity contribution is 8.00. The zero-order chi connectivity index (χ0) is 14.0. The van der Waals surface area contributed by atoms with Crippen LogP contribution < -0.4 is 5.73 Å². The number of thioether (sulfide) groups is 1. The summed E-state index contributed by atoms with van der Waals surface area (Å²) in [6.45, 7) is 8.76. The number of nitrogens with two attached hydrogens (primary N) is 1. The van der Waals surface area contributed by atoms with Crippen LogP contribution in [0.5, 0.6) is 0 Å². The van der Waals surface area contributed by atoms with Crippen LogP contribution >= 0.6 is 11.8 Å². The molecule has 2 rings (SSSR count). The topological polar surface area (TPSA) is 80.5 Å². The van der Waals surface area contributed by atoms with Crippen LogP contribution in [0, 0.1) is 5.41 Å². The van der Waals surface area contributed by atoms with E-state index >= 15 is 0 Å². The molecule has 104 valence electrons. The minimum atomic E-state index is 0.109. The number of hydrogen-bond donors (Lipinski definition) is 2. The van der Waals surface area contributed by atoms with Gasteiger partial charge in [-0.05, 0) is 11.8 Å². The fourth-order valence-electron chi connectivity index (χ4n) is 2.07. The van der Waals surface area contributed by atoms with Crippen LogP contribution in [0.1, 0.15) is 34.1 Å². The summed E-state index contributed by atoms with van der Waals surface area (Å²) >= 11 is 1.72. The molecule has 5 nitrogen and oxygen atoms in total. The highest BCUT2D eigenvalue weighted by Crippen LogP contribution is 2.38. The Kier molecular flexibility index (Phi) is 4.10. The summed E-state index contributed by atoms with van der Waals surface area (Å²) in [4.78, 5) is 15.8. The zero-order valence-corrected chi connectivity index (χ0v) is 12.7. The van der Waals surface area contributed by atoms with Gasteiger partial charge in [0.05, 0.1) is 6.33 Å². The molecular formula is C13H21N5S. The summed E-state index contributed by atoms with van der Waals surface area (Å²) in [7, 11) is 0. The zero-order valence-electron chi connectivity index (χ0n) is 11.8. The number of fused-ring (bicyclic) bond motifs is 1. The van der Waals surface area contributed by atoms with Crippen molar-refractivity contribution in [1.82, 2.24) is 19.9 Å². The van der Waals surface area contributed by atoms with Crippen molar-refractivity contribution in [3.05, 3.63) is 12.7 Å². The van der Waals surface area contributed by atoms with E-state index in [-0.39, 0.29) is 11.5 Å². The van der Waals surface area contributed by atoms with Crippen LogP contribution in [-0.4, -0.2) is 31.2 Å². The maximum atomic E-state index is 6.28. The monoisotopic (exact) mass is 279 g/mol. The molecule has 2 unspecified atom stereocenters. The molecule has 0 saturated carbocycles. The van der Waals surface area contributed by atoms with Crippen LogP contribution in [-0.2, 0) is 0 Å². The molecule has 0 spiro atoms. The summed E-state index contributed by atoms with van der Waals surface area (Å²) in [5, 5.41) is 1.21. The Morgan fingerprint density at radius 2 is 2.05 bits per heavy atom. The van der Waals surface area contributed by atoms with Gasteiger partial charge in [0.1, 0.15) is 16.9 Å². The van der Waals surface area contributed by atoms with E-state index < -0.39 is 0 Å². The predicted octanol–water partition coefficient (Wildman–Crippen LogP) is 2.60. The Morgan fingerprint density at radius 1 is 1.32 bits per heavy atom. The van der Waals surface area contributed by atoms with Crippen molar-refractivity contribution in [3.63, 3.8) is 0 Å². The molecule has 3 N–H and O–H groups in total. The Morgan fingerprint density at radius 3 is 2.68 bits per heavy atom. The number of H-pyrrole nitrogens is 1. The van der Waals surface area contributed by atoms with E-state index in [1.807, 2.05) is 0 Å². The number of nitrogens with zero attached hydrogens (tertiary/aromatic N) is 3. The molecule has 2 atom stereocenters. The van der Waals surface area contributed by atoms with E-state index in [4.69, 9.17) is 5.73 Å². The molecule has 2 aromatic heterocycles. The summed E-state index contributed by atoms with van der Waals surface area (Å²) < 4.78 is 0. The first-order valence-electron chi connectivity index (χ1n) is 6.49. The third kappa shape index (κ3) is 3.06. The molecule has 19 heavy (non-hydrogen) atoms. The number of rotatable bonds is 4. The van der Waals surface area contributed by atoms with E-state index in [1.165, 1.54) is 0 Å². The van der Waals surface area contributed by atoms with Crippen LogP contribution in [0.2, 0.25) is 0 Å². The minimum Gasteiger partial charge on any atom is -0.341 e. The second kappa shape index (κ2) is 5.46. The van der Waals surface area contributed by atoms with Crippen LogP contribution in [0.4, 0.5) is 0 Å². The fraction of sp³-hybridized carbons (Fsp3) is 0.615. The van der Waals surface area contributed by atoms with Gasteiger partial charge in [0.25, 0.3) is 0 Å². The first-order valence-corrected chi connectivity index (χ1v) is 7.37. The molecule has 0 aliphatic heterocycles. The second-order valence-electron chi connectivity index (χ2n) is 5.76. The molecule has 0 aliphatic carbocycles. The number of nitrogens with one attached hydrogen (secondary N) is 1. The fourth-order valence-corrected chi connectivity index (χ4v) is 3.41. The minimum absolute atomic E-state index is 0.109. The predicted molar refractivity (Wildman–Crippen MR) is 79.1 cm³/mol. The van der Waals surface area contributed by atoms with Gasteiger partial charge in [-0.2, -0.15) is 0 Å². The normalized spacial score (nSPS) is 15.6. The number of aromatic nitrogens is 4. The third-order valence-electron chi connectivity index (χ3n) is 3.14. The number of imidazole rings is 1. The van der Waals surface area contributed by atoms with E-state index in [2.05, 4.69) is 47.6 Å². The van der Waals surface area contributed by atoms with E-state index in [0.29, 0.717) is 10.9 Å². The molecule has 0 bridgehead atoms. The summed E-state index contributed by atoms with van der Waals surface area (Å²) in [5.74, 6) is 0. The quantitative estimate of drug-likeness (QED) is 0.664. The molecule has 0 aromatic carbocycles. The molecular weight excluding hydrogens is 258 g/mol. The summed E-state index contributed by atoms with van der Waals surface area (Å²) in [5.41, 5.74) is 7.99. The van der Waals surface area contributed by atoms with Crippen LogP contribution in [0.3, 0.4) is 0 Å². The van der Waals surface area contributed by atoms with E-state index in [0.717, 1.165) is 17.0 Å². The van der Waals surface area contributed by atoms with Gasteiger partial charge in [-0.15, -0.1) is 0 Å². The van der Waals surface area contributed by atoms with Gasteiger partial charge < -0.3 is 10.7 Å². The molecule has 0 saturated heterocycles. The molecule has 0 fully saturated rings. The van der Waals surface area contributed by atoms with Crippen molar-refractivity contribution in [1.29, 1.82) is 0 Å². The van der Waals surface area contributed by atoms with Crippen LogP contribution in [0.25, 0.3) is 11.2 Å². The number of aromatic amines is 1. The Balaban J connectivity index is 2.33. The average molecular weight is 279 g/mol. The third-order valence-corrected chi connectivity index (χ3v) is 4.98. The SMILES string of the molecule is CCC(N)C(Sc1ncnc2nc[nH]c12)C(C)(C)C. The molecule has 0 radical (unpaired) electrons. The van der Waals surface area contributed by atoms with Crippen molar-refractivity contribution in [2.75, 3.05) is 0 Å². The molecule has 2 heterocycles. The average Bonchev–Trinajstić information content (AvgIpc) is 2.82. The lowest BCUT2D eigenvalue weighted by atomic mass is 9.87. The van der Waals surface area contributed by atoms with Crippen molar-refractivity contribution in [2.24, 2.45) is 11.1 Å². The van der Waals surface area contributed by atoms with Gasteiger partial charge in [0, 0.05) is 11.3 Å². The van der Waals surface area contributed by atoms with Gasteiger partial charge in [-0.1, -0.05) is 39.5 Å². The van der Waals surface area contributed by atoms with Gasteiger partial charge >= 0.3 is 0 Å². The lowest BCUT2D eigenvalue weighted by Gasteiger charge is -2.34. The highest BCUT2D eigenvalue weighted by atomic mass is 32.2. The Bertz CT molecular complexity index is 545. The van der Waals surface area contributed by atoms with Gasteiger partial charge in [-0.3, -0.25) is 0 Å². The summed E-state index contributed by atoms with van der Waals surface area (Å²) in [6, 6.07) is 0.137. The van der Waals surface area contributed by atoms with Crippen LogP contribution in [0.15, 0.2) is 17.7 Å². The van der Waals surface area contributed by atoms with Gasteiger partial charge in [0.15, 0.2) is 5.65 Å².